The van der Waals surface area contributed by atoms with Crippen LogP contribution in [0.4, 0.5) is 4.39 Å². The Morgan fingerprint density at radius 3 is 2.69 bits per heavy atom. The molecule has 0 bridgehead atoms. The van der Waals surface area contributed by atoms with Crippen molar-refractivity contribution in [3.8, 4) is 5.75 Å². The first kappa shape index (κ1) is 21.5. The minimum atomic E-state index is -0.642. The van der Waals surface area contributed by atoms with Gasteiger partial charge in [-0.05, 0) is 38.0 Å². The summed E-state index contributed by atoms with van der Waals surface area (Å²) in [5.41, 5.74) is 0.393. The van der Waals surface area contributed by atoms with E-state index in [1.54, 1.807) is 17.9 Å². The Hall–Kier alpha value is -3.69. The summed E-state index contributed by atoms with van der Waals surface area (Å²) in [7, 11) is 1.43. The summed E-state index contributed by atoms with van der Waals surface area (Å²) in [5, 5.41) is 17.6. The molecule has 168 valence electrons. The maximum atomic E-state index is 13.7. The topological polar surface area (TPSA) is 109 Å². The van der Waals surface area contributed by atoms with Crippen molar-refractivity contribution in [2.24, 2.45) is 0 Å². The average Bonchev–Trinajstić information content (AvgIpc) is 3.08. The van der Waals surface area contributed by atoms with Crippen molar-refractivity contribution in [1.82, 2.24) is 24.6 Å². The van der Waals surface area contributed by atoms with Gasteiger partial charge in [0.2, 0.25) is 0 Å². The lowest BCUT2D eigenvalue weighted by atomic mass is 10.1. The molecule has 1 aliphatic heterocycles. The number of rotatable bonds is 4. The van der Waals surface area contributed by atoms with Crippen molar-refractivity contribution in [3.05, 3.63) is 56.9 Å². The van der Waals surface area contributed by atoms with Crippen molar-refractivity contribution in [1.29, 1.82) is 0 Å². The van der Waals surface area contributed by atoms with Gasteiger partial charge in [-0.1, -0.05) is 12.1 Å². The molecule has 0 radical (unpaired) electrons. The van der Waals surface area contributed by atoms with Gasteiger partial charge in [-0.25, -0.2) is 9.07 Å². The van der Waals surface area contributed by atoms with Gasteiger partial charge in [0.1, 0.15) is 11.2 Å². The highest BCUT2D eigenvalue weighted by molar-refractivity contribution is 6.10. The zero-order valence-corrected chi connectivity index (χ0v) is 18.3. The van der Waals surface area contributed by atoms with Crippen LogP contribution in [0.15, 0.2) is 23.0 Å². The van der Waals surface area contributed by atoms with E-state index in [1.807, 2.05) is 13.8 Å². The largest absolute Gasteiger partial charge is 0.505 e. The molecule has 0 unspecified atom stereocenters. The number of aromatic nitrogens is 3. The molecule has 0 fully saturated rings. The summed E-state index contributed by atoms with van der Waals surface area (Å²) in [6.07, 6.45) is 0. The van der Waals surface area contributed by atoms with Crippen LogP contribution in [-0.4, -0.2) is 56.3 Å². The molecule has 0 saturated carbocycles. The monoisotopic (exact) mass is 441 g/mol. The molecule has 0 saturated heterocycles. The number of aromatic hydroxyl groups is 1. The maximum Gasteiger partial charge on any atom is 0.280 e. The normalized spacial score (nSPS) is 15.8. The first-order valence-corrected chi connectivity index (χ1v) is 10.3. The molecule has 0 spiro atoms. The molecule has 4 rings (SSSR count). The van der Waals surface area contributed by atoms with Gasteiger partial charge in [0.05, 0.1) is 12.1 Å². The molecule has 9 nitrogen and oxygen atoms in total. The lowest BCUT2D eigenvalue weighted by molar-refractivity contribution is 0.0685. The molecule has 1 atom stereocenters. The van der Waals surface area contributed by atoms with Gasteiger partial charge < -0.3 is 19.9 Å². The van der Waals surface area contributed by atoms with Crippen LogP contribution in [0, 0.1) is 12.7 Å². The van der Waals surface area contributed by atoms with Gasteiger partial charge in [-0.15, -0.1) is 0 Å². The highest BCUT2D eigenvalue weighted by Gasteiger charge is 2.37. The molecule has 2 aromatic heterocycles. The van der Waals surface area contributed by atoms with Crippen LogP contribution in [0.25, 0.3) is 10.9 Å². The van der Waals surface area contributed by atoms with Gasteiger partial charge in [-0.3, -0.25) is 14.4 Å². The quantitative estimate of drug-likeness (QED) is 0.642. The van der Waals surface area contributed by atoms with Gasteiger partial charge in [0.25, 0.3) is 17.4 Å². The van der Waals surface area contributed by atoms with Gasteiger partial charge >= 0.3 is 0 Å². The third kappa shape index (κ3) is 3.14. The zero-order valence-electron chi connectivity index (χ0n) is 18.3. The van der Waals surface area contributed by atoms with E-state index in [2.05, 4.69) is 10.4 Å². The predicted octanol–water partition coefficient (Wildman–Crippen LogP) is 1.80. The summed E-state index contributed by atoms with van der Waals surface area (Å²) < 4.78 is 16.2. The Morgan fingerprint density at radius 2 is 2.06 bits per heavy atom. The van der Waals surface area contributed by atoms with Crippen molar-refractivity contribution < 1.29 is 19.1 Å². The molecule has 2 N–H and O–H groups in total. The zero-order chi connectivity index (χ0) is 23.3. The SMILES string of the molecule is CCN1C[C@@H](C)n2c(c(O)c3c(=O)n(Cc4ccc(F)c(C)c4)nc(C(=O)NC)c32)C1=O. The smallest absolute Gasteiger partial charge is 0.280 e. The molecule has 1 aromatic carbocycles. The van der Waals surface area contributed by atoms with E-state index >= 15 is 0 Å². The van der Waals surface area contributed by atoms with Gasteiger partial charge in [0, 0.05) is 26.2 Å². The second-order valence-electron chi connectivity index (χ2n) is 7.96. The Balaban J connectivity index is 2.02. The fourth-order valence-corrected chi connectivity index (χ4v) is 4.26. The lowest BCUT2D eigenvalue weighted by Crippen LogP contribution is -2.42. The van der Waals surface area contributed by atoms with Crippen molar-refractivity contribution >= 4 is 22.7 Å². The molecule has 10 heteroatoms. The number of aryl methyl sites for hydroxylation is 1. The standard InChI is InChI=1S/C22H24FN5O4/c1-5-26-9-12(3)28-17-15(19(29)18(28)22(26)32)21(31)27(25-16(17)20(30)24-4)10-13-6-7-14(23)11(2)8-13/h6-8,12,29H,5,9-10H2,1-4H3,(H,24,30)/t12-/m1/s1. The fraction of sp³-hybridized carbons (Fsp3) is 0.364. The lowest BCUT2D eigenvalue weighted by Gasteiger charge is -2.32. The maximum absolute atomic E-state index is 13.7. The number of benzene rings is 1. The first-order valence-electron chi connectivity index (χ1n) is 10.3. The number of nitrogens with zero attached hydrogens (tertiary/aromatic N) is 4. The molecule has 32 heavy (non-hydrogen) atoms. The van der Waals surface area contributed by atoms with Crippen LogP contribution >= 0.6 is 0 Å². The number of nitrogens with one attached hydrogen (secondary N) is 1. The highest BCUT2D eigenvalue weighted by Crippen LogP contribution is 2.37. The van der Waals surface area contributed by atoms with Crippen LogP contribution in [0.3, 0.4) is 0 Å². The van der Waals surface area contributed by atoms with E-state index < -0.39 is 23.1 Å². The number of hydrogen-bond donors (Lipinski definition) is 2. The van der Waals surface area contributed by atoms with Crippen LogP contribution in [-0.2, 0) is 6.54 Å². The molecule has 0 aliphatic carbocycles. The minimum absolute atomic E-state index is 0.0278. The number of hydrogen-bond acceptors (Lipinski definition) is 5. The van der Waals surface area contributed by atoms with E-state index in [9.17, 15) is 23.9 Å². The van der Waals surface area contributed by atoms with E-state index in [0.29, 0.717) is 24.2 Å². The highest BCUT2D eigenvalue weighted by atomic mass is 19.1. The van der Waals surface area contributed by atoms with Crippen LogP contribution < -0.4 is 10.9 Å². The summed E-state index contributed by atoms with van der Waals surface area (Å²) >= 11 is 0. The summed E-state index contributed by atoms with van der Waals surface area (Å²) in [6.45, 7) is 6.06. The third-order valence-corrected chi connectivity index (χ3v) is 5.87. The molecule has 2 amide bonds. The molecule has 3 aromatic rings. The van der Waals surface area contributed by atoms with Crippen LogP contribution in [0.1, 0.15) is 52.0 Å². The van der Waals surface area contributed by atoms with Crippen LogP contribution in [0.5, 0.6) is 5.75 Å². The summed E-state index contributed by atoms with van der Waals surface area (Å²) in [6, 6.07) is 4.12. The molecular weight excluding hydrogens is 417 g/mol. The van der Waals surface area contributed by atoms with E-state index in [-0.39, 0.29) is 40.7 Å². The minimum Gasteiger partial charge on any atom is -0.505 e. The van der Waals surface area contributed by atoms with Gasteiger partial charge in [-0.2, -0.15) is 5.10 Å². The summed E-state index contributed by atoms with van der Waals surface area (Å²) in [5.74, 6) is -1.81. The second kappa shape index (κ2) is 7.77. The molecule has 3 heterocycles. The second-order valence-corrected chi connectivity index (χ2v) is 7.96. The predicted molar refractivity (Wildman–Crippen MR) is 116 cm³/mol. The van der Waals surface area contributed by atoms with E-state index in [1.165, 1.54) is 23.7 Å². The molecular formula is C22H24FN5O4. The van der Waals surface area contributed by atoms with E-state index in [0.717, 1.165) is 4.68 Å². The van der Waals surface area contributed by atoms with Crippen molar-refractivity contribution in [3.63, 3.8) is 0 Å². The molecule has 1 aliphatic rings. The number of halogens is 1. The van der Waals surface area contributed by atoms with Crippen molar-refractivity contribution in [2.75, 3.05) is 20.1 Å². The van der Waals surface area contributed by atoms with Gasteiger partial charge in [0.15, 0.2) is 17.1 Å². The van der Waals surface area contributed by atoms with E-state index in [4.69, 9.17) is 0 Å². The number of carbonyl (C=O) groups is 2. The Labute approximate surface area is 183 Å². The van der Waals surface area contributed by atoms with Crippen molar-refractivity contribution in [2.45, 2.75) is 33.4 Å². The Kier molecular flexibility index (Phi) is 5.23. The number of amides is 2. The third-order valence-electron chi connectivity index (χ3n) is 5.87. The Morgan fingerprint density at radius 1 is 1.34 bits per heavy atom. The Bertz CT molecular complexity index is 1330. The number of likely N-dealkylation sites (N-methyl/N-ethyl adjacent to an activating group) is 1. The van der Waals surface area contributed by atoms with Crippen LogP contribution in [0.2, 0.25) is 0 Å². The fourth-order valence-electron chi connectivity index (χ4n) is 4.26. The summed E-state index contributed by atoms with van der Waals surface area (Å²) in [4.78, 5) is 40.6. The number of fused-ring (bicyclic) bond motifs is 3. The number of carbonyl (C=O) groups excluding carboxylic acids is 2. The first-order chi connectivity index (χ1) is 15.2. The average molecular weight is 441 g/mol.